The van der Waals surface area contributed by atoms with Crippen LogP contribution in [0.1, 0.15) is 27.7 Å². The topological polar surface area (TPSA) is 45.2 Å². The van der Waals surface area contributed by atoms with Crippen LogP contribution in [0.5, 0.6) is 0 Å². The van der Waals surface area contributed by atoms with Crippen molar-refractivity contribution in [1.29, 1.82) is 0 Å². The summed E-state index contributed by atoms with van der Waals surface area (Å²) >= 11 is 6.24. The van der Waals surface area contributed by atoms with Crippen molar-refractivity contribution in [2.45, 2.75) is 12.2 Å². The molecule has 1 amide bonds. The van der Waals surface area contributed by atoms with E-state index >= 15 is 0 Å². The third-order valence-corrected chi connectivity index (χ3v) is 4.42. The van der Waals surface area contributed by atoms with Gasteiger partial charge in [0.05, 0.1) is 11.6 Å². The largest absolute Gasteiger partial charge is 0.417 e. The smallest absolute Gasteiger partial charge is 0.328 e. The lowest BCUT2D eigenvalue weighted by Gasteiger charge is -2.36. The highest BCUT2D eigenvalue weighted by atomic mass is 35.5. The molecule has 148 valence electrons. The summed E-state index contributed by atoms with van der Waals surface area (Å²) in [6.45, 7) is 1.51. The van der Waals surface area contributed by atoms with Crippen LogP contribution in [-0.2, 0) is 6.18 Å². The standard InChI is InChI=1S/C17H15ClF3N3O.2ClH/c18-13-4-2-1-3-12(13)15-10-22-7-8-24(15)16(25)14-6-5-11(9-23-14)17(19,20)21;;/h1-6,9,15,22H,7-8,10H2;2*1H. The van der Waals surface area contributed by atoms with E-state index in [2.05, 4.69) is 10.3 Å². The van der Waals surface area contributed by atoms with Crippen molar-refractivity contribution in [1.82, 2.24) is 15.2 Å². The molecular weight excluding hydrogens is 426 g/mol. The Morgan fingerprint density at radius 3 is 2.48 bits per heavy atom. The molecule has 0 bridgehead atoms. The van der Waals surface area contributed by atoms with E-state index in [1.54, 1.807) is 17.0 Å². The normalized spacial score (nSPS) is 16.9. The first-order valence-electron chi connectivity index (χ1n) is 7.67. The summed E-state index contributed by atoms with van der Waals surface area (Å²) in [6, 6.07) is 8.87. The van der Waals surface area contributed by atoms with E-state index in [4.69, 9.17) is 11.6 Å². The maximum absolute atomic E-state index is 12.8. The van der Waals surface area contributed by atoms with Gasteiger partial charge in [-0.05, 0) is 23.8 Å². The first kappa shape index (κ1) is 23.5. The third-order valence-electron chi connectivity index (χ3n) is 4.08. The molecule has 1 aliphatic rings. The van der Waals surface area contributed by atoms with Gasteiger partial charge in [-0.25, -0.2) is 0 Å². The summed E-state index contributed by atoms with van der Waals surface area (Å²) in [7, 11) is 0. The molecule has 1 unspecified atom stereocenters. The van der Waals surface area contributed by atoms with Crippen LogP contribution in [0.25, 0.3) is 0 Å². The number of alkyl halides is 3. The number of piperazine rings is 1. The number of aromatic nitrogens is 1. The maximum atomic E-state index is 12.8. The number of nitrogens with one attached hydrogen (secondary N) is 1. The number of nitrogens with zero attached hydrogens (tertiary/aromatic N) is 2. The Kier molecular flexibility index (Phi) is 8.35. The van der Waals surface area contributed by atoms with Crippen LogP contribution in [0.3, 0.4) is 0 Å². The lowest BCUT2D eigenvalue weighted by molar-refractivity contribution is -0.137. The SMILES string of the molecule is Cl.Cl.O=C(c1ccc(C(F)(F)F)cn1)N1CCNCC1c1ccccc1Cl. The van der Waals surface area contributed by atoms with Crippen molar-refractivity contribution < 1.29 is 18.0 Å². The Balaban J connectivity index is 0.00000182. The molecule has 1 N–H and O–H groups in total. The second kappa shape index (κ2) is 9.59. The molecule has 1 aliphatic heterocycles. The van der Waals surface area contributed by atoms with Crippen molar-refractivity contribution in [2.75, 3.05) is 19.6 Å². The zero-order valence-electron chi connectivity index (χ0n) is 13.9. The monoisotopic (exact) mass is 441 g/mol. The fourth-order valence-electron chi connectivity index (χ4n) is 2.81. The van der Waals surface area contributed by atoms with Crippen LogP contribution in [0.4, 0.5) is 13.2 Å². The van der Waals surface area contributed by atoms with E-state index in [0.29, 0.717) is 30.9 Å². The predicted molar refractivity (Wildman–Crippen MR) is 102 cm³/mol. The number of halogens is 6. The predicted octanol–water partition coefficient (Wildman–Crippen LogP) is 4.38. The van der Waals surface area contributed by atoms with Gasteiger partial charge in [0, 0.05) is 30.9 Å². The lowest BCUT2D eigenvalue weighted by atomic mass is 10.0. The highest BCUT2D eigenvalue weighted by molar-refractivity contribution is 6.31. The molecule has 1 aromatic carbocycles. The van der Waals surface area contributed by atoms with Gasteiger partial charge < -0.3 is 10.2 Å². The van der Waals surface area contributed by atoms with Crippen molar-refractivity contribution >= 4 is 42.3 Å². The summed E-state index contributed by atoms with van der Waals surface area (Å²) in [6.07, 6.45) is -3.80. The number of carbonyl (C=O) groups is 1. The number of rotatable bonds is 2. The van der Waals surface area contributed by atoms with Gasteiger partial charge in [0.15, 0.2) is 0 Å². The van der Waals surface area contributed by atoms with Gasteiger partial charge in [-0.15, -0.1) is 24.8 Å². The number of amides is 1. The zero-order valence-corrected chi connectivity index (χ0v) is 16.3. The van der Waals surface area contributed by atoms with Gasteiger partial charge in [0.25, 0.3) is 5.91 Å². The second-order valence-electron chi connectivity index (χ2n) is 5.67. The first-order valence-corrected chi connectivity index (χ1v) is 8.05. The molecule has 0 saturated carbocycles. The van der Waals surface area contributed by atoms with Crippen molar-refractivity contribution in [2.24, 2.45) is 0 Å². The van der Waals surface area contributed by atoms with E-state index < -0.39 is 17.6 Å². The minimum Gasteiger partial charge on any atom is -0.328 e. The summed E-state index contributed by atoms with van der Waals surface area (Å²) < 4.78 is 37.9. The molecule has 0 spiro atoms. The van der Waals surface area contributed by atoms with E-state index in [1.807, 2.05) is 12.1 Å². The molecule has 3 rings (SSSR count). The number of hydrogen-bond acceptors (Lipinski definition) is 3. The number of carbonyl (C=O) groups excluding carboxylic acids is 1. The average Bonchev–Trinajstić information content (AvgIpc) is 2.61. The van der Waals surface area contributed by atoms with Gasteiger partial charge in [-0.1, -0.05) is 29.8 Å². The van der Waals surface area contributed by atoms with Crippen LogP contribution in [0, 0.1) is 0 Å². The molecule has 2 aromatic rings. The maximum Gasteiger partial charge on any atom is 0.417 e. The average molecular weight is 443 g/mol. The van der Waals surface area contributed by atoms with Crippen LogP contribution in [-0.4, -0.2) is 35.4 Å². The molecule has 27 heavy (non-hydrogen) atoms. The number of benzene rings is 1. The van der Waals surface area contributed by atoms with Crippen molar-refractivity contribution in [3.8, 4) is 0 Å². The fraction of sp³-hybridized carbons (Fsp3) is 0.294. The van der Waals surface area contributed by atoms with Crippen molar-refractivity contribution in [3.63, 3.8) is 0 Å². The van der Waals surface area contributed by atoms with Crippen molar-refractivity contribution in [3.05, 3.63) is 64.4 Å². The van der Waals surface area contributed by atoms with Crippen LogP contribution < -0.4 is 5.32 Å². The Labute approximate surface area is 171 Å². The van der Waals surface area contributed by atoms with Gasteiger partial charge in [0.2, 0.25) is 0 Å². The summed E-state index contributed by atoms with van der Waals surface area (Å²) in [4.78, 5) is 18.1. The van der Waals surface area contributed by atoms with Gasteiger partial charge in [0.1, 0.15) is 5.69 Å². The molecule has 1 atom stereocenters. The van der Waals surface area contributed by atoms with Gasteiger partial charge in [-0.3, -0.25) is 9.78 Å². The molecular formula is C17H17Cl3F3N3O. The van der Waals surface area contributed by atoms with Crippen LogP contribution in [0.15, 0.2) is 42.6 Å². The molecule has 10 heteroatoms. The first-order chi connectivity index (χ1) is 11.9. The molecule has 1 saturated heterocycles. The molecule has 0 aliphatic carbocycles. The Morgan fingerprint density at radius 1 is 1.19 bits per heavy atom. The highest BCUT2D eigenvalue weighted by Gasteiger charge is 2.33. The third kappa shape index (κ3) is 5.25. The minimum atomic E-state index is -4.48. The molecule has 4 nitrogen and oxygen atoms in total. The molecule has 1 fully saturated rings. The Bertz CT molecular complexity index is 772. The van der Waals surface area contributed by atoms with Crippen LogP contribution in [0.2, 0.25) is 5.02 Å². The summed E-state index contributed by atoms with van der Waals surface area (Å²) in [5.74, 6) is -0.417. The van der Waals surface area contributed by atoms with Gasteiger partial charge in [-0.2, -0.15) is 13.2 Å². The van der Waals surface area contributed by atoms with E-state index in [9.17, 15) is 18.0 Å². The number of pyridine rings is 1. The van der Waals surface area contributed by atoms with E-state index in [0.717, 1.165) is 17.7 Å². The Hall–Kier alpha value is -1.54. The van der Waals surface area contributed by atoms with Gasteiger partial charge >= 0.3 is 6.18 Å². The second-order valence-corrected chi connectivity index (χ2v) is 6.08. The Morgan fingerprint density at radius 2 is 1.89 bits per heavy atom. The molecule has 0 radical (unpaired) electrons. The zero-order chi connectivity index (χ0) is 18.0. The molecule has 2 heterocycles. The fourth-order valence-corrected chi connectivity index (χ4v) is 3.07. The number of hydrogen-bond donors (Lipinski definition) is 1. The summed E-state index contributed by atoms with van der Waals surface area (Å²) in [5, 5.41) is 3.74. The quantitative estimate of drug-likeness (QED) is 0.750. The van der Waals surface area contributed by atoms with E-state index in [-0.39, 0.29) is 36.5 Å². The van der Waals surface area contributed by atoms with E-state index in [1.165, 1.54) is 0 Å². The summed E-state index contributed by atoms with van der Waals surface area (Å²) in [5.41, 5.74) is -0.115. The highest BCUT2D eigenvalue weighted by Crippen LogP contribution is 2.31. The van der Waals surface area contributed by atoms with Crippen LogP contribution >= 0.6 is 36.4 Å². The lowest BCUT2D eigenvalue weighted by Crippen LogP contribution is -2.49. The molecule has 1 aromatic heterocycles. The minimum absolute atomic E-state index is 0.